The Morgan fingerprint density at radius 2 is 2.03 bits per heavy atom. The van der Waals surface area contributed by atoms with Crippen LogP contribution in [0.2, 0.25) is 0 Å². The molecule has 3 heterocycles. The Hall–Kier alpha value is -3.82. The highest BCUT2D eigenvalue weighted by Gasteiger charge is 2.50. The molecule has 4 atom stereocenters. The van der Waals surface area contributed by atoms with Crippen LogP contribution in [0.5, 0.6) is 5.75 Å². The molecule has 2 saturated carbocycles. The van der Waals surface area contributed by atoms with Gasteiger partial charge in [-0.2, -0.15) is 4.98 Å². The molecule has 10 nitrogen and oxygen atoms in total. The van der Waals surface area contributed by atoms with Crippen LogP contribution in [0.4, 0.5) is 23.1 Å². The number of aromatic nitrogens is 2. The molecule has 1 aliphatic heterocycles. The van der Waals surface area contributed by atoms with Crippen molar-refractivity contribution in [3.63, 3.8) is 0 Å². The van der Waals surface area contributed by atoms with Gasteiger partial charge in [-0.1, -0.05) is 0 Å². The van der Waals surface area contributed by atoms with Crippen molar-refractivity contribution in [1.82, 2.24) is 9.97 Å². The zero-order valence-corrected chi connectivity index (χ0v) is 18.9. The first-order valence-corrected chi connectivity index (χ1v) is 11.5. The van der Waals surface area contributed by atoms with Crippen LogP contribution in [-0.4, -0.2) is 33.4 Å². The van der Waals surface area contributed by atoms with Gasteiger partial charge >= 0.3 is 0 Å². The Morgan fingerprint density at radius 1 is 1.21 bits per heavy atom. The summed E-state index contributed by atoms with van der Waals surface area (Å²) in [5, 5.41) is 9.54. The van der Waals surface area contributed by atoms with Crippen molar-refractivity contribution in [2.24, 2.45) is 23.5 Å². The predicted molar refractivity (Wildman–Crippen MR) is 126 cm³/mol. The highest BCUT2D eigenvalue weighted by atomic mass is 16.5. The fraction of sp³-hybridized carbons (Fsp3) is 0.417. The minimum Gasteiger partial charge on any atom is -0.476 e. The molecule has 3 aromatic rings. The van der Waals surface area contributed by atoms with Crippen molar-refractivity contribution in [2.45, 2.75) is 44.8 Å². The van der Waals surface area contributed by atoms with E-state index in [1.165, 1.54) is 0 Å². The Labute approximate surface area is 195 Å². The number of hydrogen-bond acceptors (Lipinski definition) is 8. The summed E-state index contributed by atoms with van der Waals surface area (Å²) in [7, 11) is 0. The summed E-state index contributed by atoms with van der Waals surface area (Å²) in [6.07, 6.45) is 4.68. The molecule has 2 aromatic heterocycles. The highest BCUT2D eigenvalue weighted by molar-refractivity contribution is 6.00. The number of anilines is 4. The number of hydrogen-bond donors (Lipinski definition) is 4. The van der Waals surface area contributed by atoms with Crippen LogP contribution >= 0.6 is 0 Å². The van der Waals surface area contributed by atoms with Crippen LogP contribution in [-0.2, 0) is 9.59 Å². The number of benzene rings is 1. The van der Waals surface area contributed by atoms with E-state index in [9.17, 15) is 9.59 Å². The molecular weight excluding hydrogens is 436 g/mol. The van der Waals surface area contributed by atoms with Gasteiger partial charge in [-0.3, -0.25) is 9.59 Å². The number of amides is 2. The van der Waals surface area contributed by atoms with Crippen molar-refractivity contribution in [1.29, 1.82) is 0 Å². The Morgan fingerprint density at radius 3 is 2.85 bits per heavy atom. The van der Waals surface area contributed by atoms with Crippen molar-refractivity contribution in [3.05, 3.63) is 30.5 Å². The smallest absolute Gasteiger partial charge is 0.268 e. The largest absolute Gasteiger partial charge is 0.476 e. The summed E-state index contributed by atoms with van der Waals surface area (Å²) in [6, 6.07) is 7.09. The normalized spacial score (nSPS) is 26.6. The second-order valence-corrected chi connectivity index (χ2v) is 9.86. The van der Waals surface area contributed by atoms with Gasteiger partial charge in [0.05, 0.1) is 17.9 Å². The standard InChI is InChI=1S/C24H26N6O4/c1-24(2)22(32)27-15-10-13(5-6-16(15)34-24)26-23-28-14-7-8-33-19(14)21(30-23)29-18-12-4-3-11(9-12)17(18)20(25)31/h5-8,10-12,17-18H,3-4,9H2,1-2H3,(H2,25,31)(H,27,32)(H2,26,28,29,30). The Balaban J connectivity index is 1.30. The maximum atomic E-state index is 12.3. The lowest BCUT2D eigenvalue weighted by atomic mass is 9.84. The molecule has 2 fully saturated rings. The van der Waals surface area contributed by atoms with Crippen molar-refractivity contribution < 1.29 is 18.7 Å². The lowest BCUT2D eigenvalue weighted by Crippen LogP contribution is -2.45. The van der Waals surface area contributed by atoms with Crippen molar-refractivity contribution in [2.75, 3.05) is 16.0 Å². The van der Waals surface area contributed by atoms with Crippen molar-refractivity contribution in [3.8, 4) is 5.75 Å². The number of carbonyl (C=O) groups is 2. The lowest BCUT2D eigenvalue weighted by molar-refractivity contribution is -0.129. The second-order valence-electron chi connectivity index (χ2n) is 9.86. The third-order valence-corrected chi connectivity index (χ3v) is 7.25. The summed E-state index contributed by atoms with van der Waals surface area (Å²) in [5.41, 5.74) is 7.24. The first kappa shape index (κ1) is 20.8. The van der Waals surface area contributed by atoms with Crippen LogP contribution < -0.4 is 26.4 Å². The van der Waals surface area contributed by atoms with Gasteiger partial charge in [0.25, 0.3) is 5.91 Å². The Bertz CT molecular complexity index is 1320. The molecule has 5 N–H and O–H groups in total. The van der Waals surface area contributed by atoms with Crippen LogP contribution in [0, 0.1) is 17.8 Å². The first-order valence-electron chi connectivity index (χ1n) is 11.5. The number of primary amides is 1. The maximum absolute atomic E-state index is 12.3. The van der Waals surface area contributed by atoms with Crippen LogP contribution in [0.25, 0.3) is 11.1 Å². The van der Waals surface area contributed by atoms with Crippen LogP contribution in [0.1, 0.15) is 33.1 Å². The summed E-state index contributed by atoms with van der Waals surface area (Å²) in [4.78, 5) is 33.7. The quantitative estimate of drug-likeness (QED) is 0.452. The molecule has 2 aliphatic carbocycles. The number of rotatable bonds is 5. The van der Waals surface area contributed by atoms with E-state index in [-0.39, 0.29) is 23.8 Å². The minimum atomic E-state index is -0.930. The molecule has 6 rings (SSSR count). The van der Waals surface area contributed by atoms with E-state index < -0.39 is 5.60 Å². The molecule has 0 saturated heterocycles. The maximum Gasteiger partial charge on any atom is 0.268 e. The number of nitrogens with one attached hydrogen (secondary N) is 3. The zero-order valence-electron chi connectivity index (χ0n) is 18.9. The lowest BCUT2D eigenvalue weighted by Gasteiger charge is -2.31. The number of nitrogens with zero attached hydrogens (tertiary/aromatic N) is 2. The molecular formula is C24H26N6O4. The number of carbonyl (C=O) groups excluding carboxylic acids is 2. The average molecular weight is 463 g/mol. The predicted octanol–water partition coefficient (Wildman–Crippen LogP) is 3.39. The SMILES string of the molecule is CC1(C)Oc2ccc(Nc3nc(NC4C5CCC(C5)C4C(N)=O)c4occc4n3)cc2NC1=O. The number of furan rings is 1. The molecule has 3 aliphatic rings. The van der Waals surface area contributed by atoms with Gasteiger partial charge in [0.15, 0.2) is 17.0 Å². The second kappa shape index (κ2) is 7.34. The molecule has 0 radical (unpaired) electrons. The van der Waals surface area contributed by atoms with Crippen LogP contribution in [0.15, 0.2) is 34.9 Å². The summed E-state index contributed by atoms with van der Waals surface area (Å²) >= 11 is 0. The highest BCUT2D eigenvalue weighted by Crippen LogP contribution is 2.49. The Kier molecular flexibility index (Phi) is 4.48. The monoisotopic (exact) mass is 462 g/mol. The topological polar surface area (TPSA) is 144 Å². The number of fused-ring (bicyclic) bond motifs is 4. The van der Waals surface area contributed by atoms with Gasteiger partial charge < -0.3 is 30.8 Å². The van der Waals surface area contributed by atoms with Crippen LogP contribution in [0.3, 0.4) is 0 Å². The summed E-state index contributed by atoms with van der Waals surface area (Å²) in [6.45, 7) is 3.44. The van der Waals surface area contributed by atoms with E-state index in [2.05, 4.69) is 25.9 Å². The van der Waals surface area contributed by atoms with Gasteiger partial charge in [0.2, 0.25) is 11.9 Å². The molecule has 34 heavy (non-hydrogen) atoms. The third-order valence-electron chi connectivity index (χ3n) is 7.25. The van der Waals surface area contributed by atoms with E-state index >= 15 is 0 Å². The average Bonchev–Trinajstić information content (AvgIpc) is 3.51. The number of nitrogens with two attached hydrogens (primary N) is 1. The fourth-order valence-electron chi connectivity index (χ4n) is 5.60. The van der Waals surface area contributed by atoms with E-state index in [1.807, 2.05) is 6.07 Å². The third kappa shape index (κ3) is 3.32. The van der Waals surface area contributed by atoms with Gasteiger partial charge in [-0.05, 0) is 63.1 Å². The molecule has 2 bridgehead atoms. The molecule has 1 aromatic carbocycles. The minimum absolute atomic E-state index is 0.0771. The van der Waals surface area contributed by atoms with E-state index in [0.717, 1.165) is 19.3 Å². The van der Waals surface area contributed by atoms with Gasteiger partial charge in [-0.15, -0.1) is 0 Å². The summed E-state index contributed by atoms with van der Waals surface area (Å²) < 4.78 is 11.5. The first-order chi connectivity index (χ1) is 16.3. The van der Waals surface area contributed by atoms with E-state index in [4.69, 9.17) is 14.9 Å². The zero-order chi connectivity index (χ0) is 23.6. The molecule has 10 heteroatoms. The van der Waals surface area contributed by atoms with E-state index in [1.54, 1.807) is 38.3 Å². The van der Waals surface area contributed by atoms with E-state index in [0.29, 0.717) is 51.8 Å². The van der Waals surface area contributed by atoms with Gasteiger partial charge in [0.1, 0.15) is 11.3 Å². The molecule has 4 unspecified atom stereocenters. The van der Waals surface area contributed by atoms with Gasteiger partial charge in [-0.25, -0.2) is 4.98 Å². The molecule has 176 valence electrons. The summed E-state index contributed by atoms with van der Waals surface area (Å²) in [5.74, 6) is 1.48. The fourth-order valence-corrected chi connectivity index (χ4v) is 5.60. The number of ether oxygens (including phenoxy) is 1. The van der Waals surface area contributed by atoms with Gasteiger partial charge in [0, 0.05) is 17.8 Å². The van der Waals surface area contributed by atoms with Crippen molar-refractivity contribution >= 4 is 46.1 Å². The molecule has 2 amide bonds. The molecule has 0 spiro atoms.